The molecule has 0 amide bonds. The van der Waals surface area contributed by atoms with Crippen LogP contribution in [-0.4, -0.2) is 19.3 Å². The number of aryl methyl sites for hydroxylation is 1. The normalized spacial score (nSPS) is 15.9. The summed E-state index contributed by atoms with van der Waals surface area (Å²) >= 11 is 0. The van der Waals surface area contributed by atoms with Crippen LogP contribution in [0.5, 0.6) is 5.75 Å². The molecule has 1 atom stereocenters. The van der Waals surface area contributed by atoms with Crippen LogP contribution in [0.15, 0.2) is 18.2 Å². The van der Waals surface area contributed by atoms with Gasteiger partial charge in [-0.25, -0.2) is 4.39 Å². The number of nitrogens with two attached hydrogens (primary N) is 1. The van der Waals surface area contributed by atoms with Crippen molar-refractivity contribution >= 4 is 0 Å². The fourth-order valence-corrected chi connectivity index (χ4v) is 1.84. The van der Waals surface area contributed by atoms with Crippen molar-refractivity contribution in [2.75, 3.05) is 13.2 Å². The van der Waals surface area contributed by atoms with E-state index in [1.807, 2.05) is 12.1 Å². The second-order valence-electron chi connectivity index (χ2n) is 3.91. The zero-order valence-corrected chi connectivity index (χ0v) is 8.71. The van der Waals surface area contributed by atoms with E-state index in [9.17, 15) is 4.39 Å². The largest absolute Gasteiger partial charge is 0.493 e. The lowest BCUT2D eigenvalue weighted by atomic mass is 10.0. The van der Waals surface area contributed by atoms with Crippen molar-refractivity contribution in [2.45, 2.75) is 25.4 Å². The van der Waals surface area contributed by atoms with E-state index in [1.54, 1.807) is 0 Å². The molecule has 1 aliphatic heterocycles. The highest BCUT2D eigenvalue weighted by Crippen LogP contribution is 2.26. The van der Waals surface area contributed by atoms with Crippen molar-refractivity contribution in [1.29, 1.82) is 0 Å². The Hall–Kier alpha value is -1.09. The highest BCUT2D eigenvalue weighted by Gasteiger charge is 2.12. The van der Waals surface area contributed by atoms with E-state index in [1.165, 1.54) is 11.1 Å². The second kappa shape index (κ2) is 4.62. The van der Waals surface area contributed by atoms with Gasteiger partial charge in [-0.1, -0.05) is 12.1 Å². The smallest absolute Gasteiger partial charge is 0.122 e. The van der Waals surface area contributed by atoms with Gasteiger partial charge in [-0.3, -0.25) is 0 Å². The summed E-state index contributed by atoms with van der Waals surface area (Å²) in [7, 11) is 0. The number of hydrogen-bond donors (Lipinski definition) is 1. The minimum Gasteiger partial charge on any atom is -0.493 e. The summed E-state index contributed by atoms with van der Waals surface area (Å²) in [4.78, 5) is 0. The molecule has 1 heterocycles. The first-order valence-electron chi connectivity index (χ1n) is 5.38. The van der Waals surface area contributed by atoms with Crippen molar-refractivity contribution < 1.29 is 9.13 Å². The van der Waals surface area contributed by atoms with Crippen LogP contribution >= 0.6 is 0 Å². The lowest BCUT2D eigenvalue weighted by Crippen LogP contribution is -2.15. The Balaban J connectivity index is 1.98. The van der Waals surface area contributed by atoms with Gasteiger partial charge in [0.2, 0.25) is 0 Å². The summed E-state index contributed by atoms with van der Waals surface area (Å²) in [5.74, 6) is 0.981. The molecular formula is C12H16FNO. The third-order valence-corrected chi connectivity index (χ3v) is 2.76. The van der Waals surface area contributed by atoms with E-state index in [4.69, 9.17) is 10.5 Å². The van der Waals surface area contributed by atoms with E-state index in [-0.39, 0.29) is 6.54 Å². The predicted molar refractivity (Wildman–Crippen MR) is 57.9 cm³/mol. The maximum absolute atomic E-state index is 12.9. The van der Waals surface area contributed by atoms with E-state index in [0.717, 1.165) is 25.2 Å². The zero-order valence-electron chi connectivity index (χ0n) is 8.71. The molecule has 0 aromatic heterocycles. The number of rotatable bonds is 4. The molecule has 82 valence electrons. The van der Waals surface area contributed by atoms with E-state index >= 15 is 0 Å². The van der Waals surface area contributed by atoms with Crippen molar-refractivity contribution in [3.63, 3.8) is 0 Å². The maximum Gasteiger partial charge on any atom is 0.122 e. The van der Waals surface area contributed by atoms with Crippen LogP contribution in [0.25, 0.3) is 0 Å². The summed E-state index contributed by atoms with van der Waals surface area (Å²) in [5, 5.41) is 0. The van der Waals surface area contributed by atoms with Gasteiger partial charge in [0.15, 0.2) is 0 Å². The number of fused-ring (bicyclic) bond motifs is 1. The Bertz CT molecular complexity index is 340. The first kappa shape index (κ1) is 10.4. The molecule has 15 heavy (non-hydrogen) atoms. The Morgan fingerprint density at radius 1 is 1.47 bits per heavy atom. The lowest BCUT2D eigenvalue weighted by Gasteiger charge is -2.06. The minimum atomic E-state index is -0.880. The molecule has 2 N–H and O–H groups in total. The quantitative estimate of drug-likeness (QED) is 0.821. The first-order chi connectivity index (χ1) is 7.29. The zero-order chi connectivity index (χ0) is 10.7. The topological polar surface area (TPSA) is 35.2 Å². The molecule has 1 aromatic rings. The first-order valence-corrected chi connectivity index (χ1v) is 5.38. The van der Waals surface area contributed by atoms with Crippen molar-refractivity contribution in [1.82, 2.24) is 0 Å². The van der Waals surface area contributed by atoms with Gasteiger partial charge in [-0.05, 0) is 30.0 Å². The van der Waals surface area contributed by atoms with Crippen LogP contribution in [0.3, 0.4) is 0 Å². The fraction of sp³-hybridized carbons (Fsp3) is 0.500. The van der Waals surface area contributed by atoms with Crippen LogP contribution < -0.4 is 10.5 Å². The predicted octanol–water partition coefficient (Wildman–Crippen LogP) is 1.85. The van der Waals surface area contributed by atoms with Crippen LogP contribution in [-0.2, 0) is 12.8 Å². The van der Waals surface area contributed by atoms with Gasteiger partial charge in [0, 0.05) is 13.0 Å². The average molecular weight is 209 g/mol. The molecule has 0 aliphatic carbocycles. The Morgan fingerprint density at radius 3 is 3.13 bits per heavy atom. The number of ether oxygens (including phenoxy) is 1. The molecule has 1 aliphatic rings. The molecule has 0 bridgehead atoms. The molecule has 0 saturated carbocycles. The van der Waals surface area contributed by atoms with Gasteiger partial charge in [0.05, 0.1) is 6.61 Å². The van der Waals surface area contributed by atoms with Crippen LogP contribution in [0.1, 0.15) is 17.5 Å². The third-order valence-electron chi connectivity index (χ3n) is 2.76. The molecule has 0 saturated heterocycles. The van der Waals surface area contributed by atoms with E-state index in [2.05, 4.69) is 6.07 Å². The number of alkyl halides is 1. The molecule has 1 unspecified atom stereocenters. The Morgan fingerprint density at radius 2 is 2.33 bits per heavy atom. The molecule has 0 fully saturated rings. The van der Waals surface area contributed by atoms with Crippen molar-refractivity contribution in [3.8, 4) is 5.75 Å². The average Bonchev–Trinajstić information content (AvgIpc) is 2.72. The summed E-state index contributed by atoms with van der Waals surface area (Å²) in [5.41, 5.74) is 7.65. The maximum atomic E-state index is 12.9. The van der Waals surface area contributed by atoms with Gasteiger partial charge >= 0.3 is 0 Å². The van der Waals surface area contributed by atoms with Gasteiger partial charge < -0.3 is 10.5 Å². The Kier molecular flexibility index (Phi) is 3.21. The highest BCUT2D eigenvalue weighted by atomic mass is 19.1. The van der Waals surface area contributed by atoms with Gasteiger partial charge in [0.25, 0.3) is 0 Å². The third kappa shape index (κ3) is 2.48. The van der Waals surface area contributed by atoms with Gasteiger partial charge in [-0.15, -0.1) is 0 Å². The highest BCUT2D eigenvalue weighted by molar-refractivity contribution is 5.39. The molecule has 2 nitrogen and oxygen atoms in total. The van der Waals surface area contributed by atoms with Crippen LogP contribution in [0.2, 0.25) is 0 Å². The van der Waals surface area contributed by atoms with Gasteiger partial charge in [0.1, 0.15) is 11.9 Å². The summed E-state index contributed by atoms with van der Waals surface area (Å²) in [6.07, 6.45) is 1.36. The van der Waals surface area contributed by atoms with Crippen molar-refractivity contribution in [3.05, 3.63) is 29.3 Å². The Labute approximate surface area is 89.2 Å². The molecule has 0 radical (unpaired) electrons. The lowest BCUT2D eigenvalue weighted by molar-refractivity contribution is 0.323. The van der Waals surface area contributed by atoms with Crippen molar-refractivity contribution in [2.24, 2.45) is 5.73 Å². The number of benzene rings is 1. The molecular weight excluding hydrogens is 193 g/mol. The van der Waals surface area contributed by atoms with Crippen LogP contribution in [0.4, 0.5) is 4.39 Å². The second-order valence-corrected chi connectivity index (χ2v) is 3.91. The molecule has 3 heteroatoms. The number of halogens is 1. The monoisotopic (exact) mass is 209 g/mol. The SMILES string of the molecule is NCC(F)CCc1ccc2c(c1)CCO2. The summed E-state index contributed by atoms with van der Waals surface area (Å²) < 4.78 is 18.3. The minimum absolute atomic E-state index is 0.119. The van der Waals surface area contributed by atoms with Gasteiger partial charge in [-0.2, -0.15) is 0 Å². The molecule has 1 aromatic carbocycles. The van der Waals surface area contributed by atoms with E-state index < -0.39 is 6.17 Å². The molecule has 0 spiro atoms. The standard InChI is InChI=1S/C12H16FNO/c13-11(8-14)3-1-9-2-4-12-10(7-9)5-6-15-12/h2,4,7,11H,1,3,5-6,8,14H2. The molecule has 2 rings (SSSR count). The van der Waals surface area contributed by atoms with E-state index in [0.29, 0.717) is 6.42 Å². The summed E-state index contributed by atoms with van der Waals surface area (Å²) in [6.45, 7) is 0.890. The number of hydrogen-bond acceptors (Lipinski definition) is 2. The fourth-order valence-electron chi connectivity index (χ4n) is 1.84. The summed E-state index contributed by atoms with van der Waals surface area (Å²) in [6, 6.07) is 6.10. The van der Waals surface area contributed by atoms with Crippen LogP contribution in [0, 0.1) is 0 Å².